The van der Waals surface area contributed by atoms with Crippen LogP contribution in [0.2, 0.25) is 0 Å². The third kappa shape index (κ3) is 9.78. The molecule has 0 aliphatic carbocycles. The first kappa shape index (κ1) is 26.2. The third-order valence-corrected chi connectivity index (χ3v) is 5.89. The number of nitrogens with two attached hydrogens (primary N) is 1. The number of carbonyl (C=O) groups is 2. The maximum atomic E-state index is 12.7. The van der Waals surface area contributed by atoms with Crippen LogP contribution in [-0.4, -0.2) is 59.1 Å². The van der Waals surface area contributed by atoms with E-state index in [1.807, 2.05) is 13.8 Å². The van der Waals surface area contributed by atoms with Gasteiger partial charge in [0.2, 0.25) is 5.91 Å². The Kier molecular flexibility index (Phi) is 13.8. The predicted octanol–water partition coefficient (Wildman–Crippen LogP) is 1.25. The minimum atomic E-state index is -1.14. The molecule has 0 heterocycles. The van der Waals surface area contributed by atoms with Crippen LogP contribution in [0.1, 0.15) is 53.4 Å². The van der Waals surface area contributed by atoms with E-state index in [1.54, 1.807) is 0 Å². The molecule has 8 heteroatoms. The molecule has 7 nitrogen and oxygen atoms in total. The van der Waals surface area contributed by atoms with Crippen molar-refractivity contribution in [1.29, 1.82) is 0 Å². The summed E-state index contributed by atoms with van der Waals surface area (Å²) in [7, 11) is 0. The van der Waals surface area contributed by atoms with Gasteiger partial charge in [0, 0.05) is 24.8 Å². The Morgan fingerprint density at radius 1 is 1.15 bits per heavy atom. The average Bonchev–Trinajstić information content (AvgIpc) is 2.65. The van der Waals surface area contributed by atoms with Gasteiger partial charge in [-0.1, -0.05) is 40.5 Å². The molecule has 0 aliphatic heterocycles. The number of carboxylic acids is 1. The van der Waals surface area contributed by atoms with Crippen LogP contribution in [0.15, 0.2) is 0 Å². The average molecular weight is 406 g/mol. The number of amides is 1. The quantitative estimate of drug-likeness (QED) is 0.228. The minimum Gasteiger partial charge on any atom is -0.480 e. The van der Waals surface area contributed by atoms with Crippen LogP contribution in [0.3, 0.4) is 0 Å². The van der Waals surface area contributed by atoms with Crippen molar-refractivity contribution >= 4 is 24.5 Å². The zero-order chi connectivity index (χ0) is 21.0. The molecule has 1 amide bonds. The SMILES string of the molecule is CC[C@H](C)[C@@H](CN[C@H](C(=O)N[C@@H](CCO)C(=O)O)[C@@H](C)CC)C[C@@H](N)CS. The van der Waals surface area contributed by atoms with Crippen LogP contribution >= 0.6 is 12.6 Å². The summed E-state index contributed by atoms with van der Waals surface area (Å²) in [4.78, 5) is 24.0. The van der Waals surface area contributed by atoms with Crippen LogP contribution < -0.4 is 16.4 Å². The summed E-state index contributed by atoms with van der Waals surface area (Å²) in [6.07, 6.45) is 2.61. The van der Waals surface area contributed by atoms with Gasteiger partial charge in [0.25, 0.3) is 0 Å². The molecule has 0 unspecified atom stereocenters. The summed E-state index contributed by atoms with van der Waals surface area (Å²) in [6, 6.07) is -1.57. The van der Waals surface area contributed by atoms with Gasteiger partial charge < -0.3 is 26.6 Å². The zero-order valence-electron chi connectivity index (χ0n) is 17.1. The molecule has 6 atom stereocenters. The van der Waals surface area contributed by atoms with E-state index in [2.05, 4.69) is 37.1 Å². The van der Waals surface area contributed by atoms with E-state index in [4.69, 9.17) is 10.8 Å². The van der Waals surface area contributed by atoms with Crippen LogP contribution in [0.4, 0.5) is 0 Å². The van der Waals surface area contributed by atoms with Crippen molar-refractivity contribution in [2.75, 3.05) is 18.9 Å². The molecule has 0 radical (unpaired) electrons. The van der Waals surface area contributed by atoms with Crippen molar-refractivity contribution in [3.8, 4) is 0 Å². The molecule has 27 heavy (non-hydrogen) atoms. The summed E-state index contributed by atoms with van der Waals surface area (Å²) in [5.74, 6) is -0.0628. The van der Waals surface area contributed by atoms with E-state index in [0.29, 0.717) is 24.1 Å². The maximum absolute atomic E-state index is 12.7. The number of aliphatic carboxylic acids is 1. The monoisotopic (exact) mass is 405 g/mol. The second-order valence-corrected chi connectivity index (χ2v) is 7.87. The molecule has 0 spiro atoms. The Hall–Kier alpha value is -0.830. The molecule has 0 saturated heterocycles. The number of aliphatic hydroxyl groups excluding tert-OH is 1. The van der Waals surface area contributed by atoms with Crippen molar-refractivity contribution in [2.24, 2.45) is 23.5 Å². The predicted molar refractivity (Wildman–Crippen MR) is 112 cm³/mol. The maximum Gasteiger partial charge on any atom is 0.326 e. The lowest BCUT2D eigenvalue weighted by molar-refractivity contribution is -0.142. The van der Waals surface area contributed by atoms with Crippen molar-refractivity contribution in [2.45, 2.75) is 71.5 Å². The van der Waals surface area contributed by atoms with Crippen molar-refractivity contribution in [1.82, 2.24) is 10.6 Å². The van der Waals surface area contributed by atoms with Crippen LogP contribution in [-0.2, 0) is 9.59 Å². The van der Waals surface area contributed by atoms with Crippen molar-refractivity contribution in [3.63, 3.8) is 0 Å². The summed E-state index contributed by atoms with van der Waals surface area (Å²) >= 11 is 4.27. The van der Waals surface area contributed by atoms with Gasteiger partial charge in [0.15, 0.2) is 0 Å². The number of nitrogens with one attached hydrogen (secondary N) is 2. The van der Waals surface area contributed by atoms with Gasteiger partial charge in [-0.3, -0.25) is 4.79 Å². The lowest BCUT2D eigenvalue weighted by atomic mass is 9.86. The fourth-order valence-corrected chi connectivity index (χ4v) is 3.18. The molecular weight excluding hydrogens is 366 g/mol. The number of rotatable bonds is 15. The van der Waals surface area contributed by atoms with Gasteiger partial charge >= 0.3 is 5.97 Å². The zero-order valence-corrected chi connectivity index (χ0v) is 18.0. The minimum absolute atomic E-state index is 0.00551. The first-order chi connectivity index (χ1) is 12.7. The van der Waals surface area contributed by atoms with Crippen LogP contribution in [0.25, 0.3) is 0 Å². The lowest BCUT2D eigenvalue weighted by Crippen LogP contribution is -2.54. The molecule has 160 valence electrons. The third-order valence-electron chi connectivity index (χ3n) is 5.42. The number of thiol groups is 1. The number of hydrogen-bond donors (Lipinski definition) is 6. The van der Waals surface area contributed by atoms with E-state index < -0.39 is 18.1 Å². The Balaban J connectivity index is 5.11. The highest BCUT2D eigenvalue weighted by molar-refractivity contribution is 7.80. The van der Waals surface area contributed by atoms with E-state index in [-0.39, 0.29) is 30.9 Å². The van der Waals surface area contributed by atoms with Crippen LogP contribution in [0, 0.1) is 17.8 Å². The summed E-state index contributed by atoms with van der Waals surface area (Å²) < 4.78 is 0. The van der Waals surface area contributed by atoms with Gasteiger partial charge in [-0.05, 0) is 30.7 Å². The largest absolute Gasteiger partial charge is 0.480 e. The molecule has 0 aromatic rings. The first-order valence-electron chi connectivity index (χ1n) is 9.95. The van der Waals surface area contributed by atoms with E-state index in [1.165, 1.54) is 0 Å². The molecule has 0 rings (SSSR count). The van der Waals surface area contributed by atoms with Gasteiger partial charge in [-0.25, -0.2) is 4.79 Å². The number of aliphatic hydroxyl groups is 1. The Labute approximate surface area is 169 Å². The van der Waals surface area contributed by atoms with E-state index in [9.17, 15) is 14.7 Å². The molecular formula is C19H39N3O4S. The lowest BCUT2D eigenvalue weighted by Gasteiger charge is -2.30. The Bertz CT molecular complexity index is 439. The summed E-state index contributed by atoms with van der Waals surface area (Å²) in [5.41, 5.74) is 6.08. The highest BCUT2D eigenvalue weighted by Crippen LogP contribution is 2.21. The summed E-state index contributed by atoms with van der Waals surface area (Å²) in [5, 5.41) is 24.1. The van der Waals surface area contributed by atoms with Gasteiger partial charge in [0.1, 0.15) is 6.04 Å². The van der Waals surface area contributed by atoms with Gasteiger partial charge in [0.05, 0.1) is 6.04 Å². The number of carbonyl (C=O) groups excluding carboxylic acids is 1. The smallest absolute Gasteiger partial charge is 0.326 e. The molecule has 0 saturated carbocycles. The second kappa shape index (κ2) is 14.2. The molecule has 0 fully saturated rings. The fourth-order valence-electron chi connectivity index (χ4n) is 3.03. The van der Waals surface area contributed by atoms with E-state index >= 15 is 0 Å². The Morgan fingerprint density at radius 3 is 2.19 bits per heavy atom. The highest BCUT2D eigenvalue weighted by atomic mass is 32.1. The van der Waals surface area contributed by atoms with Crippen LogP contribution in [0.5, 0.6) is 0 Å². The molecule has 0 aromatic carbocycles. The Morgan fingerprint density at radius 2 is 1.74 bits per heavy atom. The number of hydrogen-bond acceptors (Lipinski definition) is 6. The topological polar surface area (TPSA) is 125 Å². The standard InChI is InChI=1S/C19H39N3O4S/c1-5-12(3)14(9-15(20)11-27)10-21-17(13(4)6-2)18(24)22-16(7-8-23)19(25)26/h12-17,21,23,27H,5-11,20H2,1-4H3,(H,22,24)(H,25,26)/t12-,13-,14+,15+,16-,17-/m0/s1. The molecule has 0 bridgehead atoms. The van der Waals surface area contributed by atoms with Gasteiger partial charge in [-0.2, -0.15) is 12.6 Å². The van der Waals surface area contributed by atoms with E-state index in [0.717, 1.165) is 19.3 Å². The highest BCUT2D eigenvalue weighted by Gasteiger charge is 2.29. The number of carboxylic acid groups (broad SMARTS) is 1. The second-order valence-electron chi connectivity index (χ2n) is 7.51. The molecule has 6 N–H and O–H groups in total. The first-order valence-corrected chi connectivity index (χ1v) is 10.6. The normalized spacial score (nSPS) is 18.2. The van der Waals surface area contributed by atoms with Gasteiger partial charge in [-0.15, -0.1) is 0 Å². The fraction of sp³-hybridized carbons (Fsp3) is 0.895. The van der Waals surface area contributed by atoms with Crippen molar-refractivity contribution < 1.29 is 19.8 Å². The molecule has 0 aliphatic rings. The summed E-state index contributed by atoms with van der Waals surface area (Å²) in [6.45, 7) is 8.62. The van der Waals surface area contributed by atoms with Crippen molar-refractivity contribution in [3.05, 3.63) is 0 Å². The molecule has 0 aromatic heterocycles.